The van der Waals surface area contributed by atoms with E-state index in [0.717, 1.165) is 11.3 Å². The topological polar surface area (TPSA) is 61.0 Å². The average Bonchev–Trinajstić information content (AvgIpc) is 2.38. The van der Waals surface area contributed by atoms with E-state index < -0.39 is 0 Å². The Morgan fingerprint density at radius 1 is 1.24 bits per heavy atom. The second-order valence-electron chi connectivity index (χ2n) is 3.77. The first-order valence-corrected chi connectivity index (χ1v) is 5.48. The molecule has 2 N–H and O–H groups in total. The molecule has 1 aromatic carbocycles. The van der Waals surface area contributed by atoms with Gasteiger partial charge in [0, 0.05) is 24.5 Å². The predicted molar refractivity (Wildman–Crippen MR) is 65.4 cm³/mol. The number of rotatable bonds is 4. The van der Waals surface area contributed by atoms with Gasteiger partial charge in [-0.3, -0.25) is 0 Å². The monoisotopic (exact) mass is 229 g/mol. The smallest absolute Gasteiger partial charge is 0.166 e. The summed E-state index contributed by atoms with van der Waals surface area (Å²) in [5.74, 6) is 1.46. The third-order valence-corrected chi connectivity index (χ3v) is 2.41. The van der Waals surface area contributed by atoms with E-state index in [9.17, 15) is 0 Å². The molecule has 0 saturated heterocycles. The molecule has 0 amide bonds. The third kappa shape index (κ3) is 3.01. The van der Waals surface area contributed by atoms with Crippen molar-refractivity contribution in [2.75, 3.05) is 0 Å². The quantitative estimate of drug-likeness (QED) is 0.868. The van der Waals surface area contributed by atoms with Gasteiger partial charge in [-0.05, 0) is 19.1 Å². The zero-order valence-corrected chi connectivity index (χ0v) is 9.76. The zero-order valence-electron chi connectivity index (χ0n) is 9.76. The van der Waals surface area contributed by atoms with Gasteiger partial charge in [-0.15, -0.1) is 0 Å². The van der Waals surface area contributed by atoms with Crippen LogP contribution in [0.25, 0.3) is 0 Å². The highest BCUT2D eigenvalue weighted by molar-refractivity contribution is 5.36. The average molecular weight is 229 g/mol. The molecule has 1 heterocycles. The highest BCUT2D eigenvalue weighted by Crippen LogP contribution is 2.20. The van der Waals surface area contributed by atoms with Crippen molar-refractivity contribution in [1.29, 1.82) is 0 Å². The van der Waals surface area contributed by atoms with Crippen LogP contribution in [0.1, 0.15) is 17.0 Å². The van der Waals surface area contributed by atoms with Crippen LogP contribution in [0.2, 0.25) is 0 Å². The molecule has 4 nitrogen and oxygen atoms in total. The summed E-state index contributed by atoms with van der Waals surface area (Å²) < 4.78 is 5.66. The van der Waals surface area contributed by atoms with E-state index in [1.165, 1.54) is 5.56 Å². The Kier molecular flexibility index (Phi) is 3.67. The lowest BCUT2D eigenvalue weighted by Crippen LogP contribution is -2.05. The van der Waals surface area contributed by atoms with Crippen LogP contribution in [-0.4, -0.2) is 9.97 Å². The number of hydrogen-bond acceptors (Lipinski definition) is 4. The summed E-state index contributed by atoms with van der Waals surface area (Å²) in [7, 11) is 0. The predicted octanol–water partition coefficient (Wildman–Crippen LogP) is 1.82. The molecule has 2 aromatic rings. The first-order chi connectivity index (χ1) is 8.29. The minimum Gasteiger partial charge on any atom is -0.485 e. The van der Waals surface area contributed by atoms with Crippen molar-refractivity contribution in [3.05, 3.63) is 53.6 Å². The summed E-state index contributed by atoms with van der Waals surface area (Å²) in [6, 6.07) is 7.74. The van der Waals surface area contributed by atoms with Crippen LogP contribution in [-0.2, 0) is 13.2 Å². The fourth-order valence-electron chi connectivity index (χ4n) is 1.56. The van der Waals surface area contributed by atoms with E-state index in [2.05, 4.69) is 9.97 Å². The first kappa shape index (κ1) is 11.5. The standard InChI is InChI=1S/C13H15N3O/c1-10-3-4-12(11(7-10)8-14)17-9-13-15-5-2-6-16-13/h2-7H,8-9,14H2,1H3. The third-order valence-electron chi connectivity index (χ3n) is 2.41. The van der Waals surface area contributed by atoms with Crippen LogP contribution >= 0.6 is 0 Å². The highest BCUT2D eigenvalue weighted by Gasteiger charge is 2.03. The number of aryl methyl sites for hydroxylation is 1. The van der Waals surface area contributed by atoms with Crippen molar-refractivity contribution in [2.45, 2.75) is 20.1 Å². The van der Waals surface area contributed by atoms with Gasteiger partial charge in [-0.2, -0.15) is 0 Å². The van der Waals surface area contributed by atoms with Gasteiger partial charge >= 0.3 is 0 Å². The van der Waals surface area contributed by atoms with Crippen LogP contribution in [0.5, 0.6) is 5.75 Å². The molecule has 0 saturated carbocycles. The number of nitrogens with zero attached hydrogens (tertiary/aromatic N) is 2. The first-order valence-electron chi connectivity index (χ1n) is 5.48. The van der Waals surface area contributed by atoms with Gasteiger partial charge in [0.1, 0.15) is 12.4 Å². The SMILES string of the molecule is Cc1ccc(OCc2ncccn2)c(CN)c1. The summed E-state index contributed by atoms with van der Waals surface area (Å²) in [5.41, 5.74) is 7.85. The summed E-state index contributed by atoms with van der Waals surface area (Å²) >= 11 is 0. The van der Waals surface area contributed by atoms with E-state index in [1.807, 2.05) is 25.1 Å². The minimum atomic E-state index is 0.358. The van der Waals surface area contributed by atoms with Crippen molar-refractivity contribution >= 4 is 0 Å². The fourth-order valence-corrected chi connectivity index (χ4v) is 1.56. The van der Waals surface area contributed by atoms with Gasteiger partial charge in [0.05, 0.1) is 0 Å². The molecule has 17 heavy (non-hydrogen) atoms. The van der Waals surface area contributed by atoms with E-state index in [0.29, 0.717) is 19.0 Å². The maximum Gasteiger partial charge on any atom is 0.166 e. The Morgan fingerprint density at radius 2 is 2.00 bits per heavy atom. The highest BCUT2D eigenvalue weighted by atomic mass is 16.5. The van der Waals surface area contributed by atoms with Gasteiger partial charge in [0.2, 0.25) is 0 Å². The molecule has 0 aliphatic rings. The molecule has 0 aliphatic carbocycles. The summed E-state index contributed by atoms with van der Waals surface area (Å²) in [6.45, 7) is 2.85. The molecule has 0 fully saturated rings. The van der Waals surface area contributed by atoms with Gasteiger partial charge in [0.25, 0.3) is 0 Å². The Balaban J connectivity index is 2.09. The summed E-state index contributed by atoms with van der Waals surface area (Å²) in [5, 5.41) is 0. The maximum atomic E-state index is 5.68. The van der Waals surface area contributed by atoms with Gasteiger partial charge in [0.15, 0.2) is 5.82 Å². The fraction of sp³-hybridized carbons (Fsp3) is 0.231. The Bertz CT molecular complexity index is 485. The molecule has 1 aromatic heterocycles. The molecule has 4 heteroatoms. The molecule has 0 unspecified atom stereocenters. The molecular formula is C13H15N3O. The van der Waals surface area contributed by atoms with Crippen molar-refractivity contribution in [3.63, 3.8) is 0 Å². The second kappa shape index (κ2) is 5.41. The largest absolute Gasteiger partial charge is 0.485 e. The van der Waals surface area contributed by atoms with Crippen LogP contribution in [0.3, 0.4) is 0 Å². The normalized spacial score (nSPS) is 10.2. The number of nitrogens with two attached hydrogens (primary N) is 1. The molecule has 0 atom stereocenters. The zero-order chi connectivity index (χ0) is 12.1. The Morgan fingerprint density at radius 3 is 2.71 bits per heavy atom. The molecule has 88 valence electrons. The Hall–Kier alpha value is -1.94. The van der Waals surface area contributed by atoms with Crippen LogP contribution in [0, 0.1) is 6.92 Å². The minimum absolute atomic E-state index is 0.358. The van der Waals surface area contributed by atoms with E-state index in [1.54, 1.807) is 18.5 Å². The van der Waals surface area contributed by atoms with E-state index >= 15 is 0 Å². The Labute approximate surface area is 100 Å². The molecule has 0 spiro atoms. The van der Waals surface area contributed by atoms with Gasteiger partial charge in [-0.1, -0.05) is 17.7 Å². The van der Waals surface area contributed by atoms with Crippen molar-refractivity contribution < 1.29 is 4.74 Å². The molecule has 0 aliphatic heterocycles. The van der Waals surface area contributed by atoms with E-state index in [-0.39, 0.29) is 0 Å². The van der Waals surface area contributed by atoms with E-state index in [4.69, 9.17) is 10.5 Å². The molecule has 2 rings (SSSR count). The van der Waals surface area contributed by atoms with Crippen LogP contribution < -0.4 is 10.5 Å². The second-order valence-corrected chi connectivity index (χ2v) is 3.77. The van der Waals surface area contributed by atoms with Crippen molar-refractivity contribution in [3.8, 4) is 5.75 Å². The lowest BCUT2D eigenvalue weighted by atomic mass is 10.1. The van der Waals surface area contributed by atoms with Crippen LogP contribution in [0.15, 0.2) is 36.7 Å². The molecule has 0 bridgehead atoms. The number of hydrogen-bond donors (Lipinski definition) is 1. The lowest BCUT2D eigenvalue weighted by molar-refractivity contribution is 0.292. The van der Waals surface area contributed by atoms with Gasteiger partial charge < -0.3 is 10.5 Å². The summed E-state index contributed by atoms with van der Waals surface area (Å²) in [6.07, 6.45) is 3.40. The number of aromatic nitrogens is 2. The summed E-state index contributed by atoms with van der Waals surface area (Å²) in [4.78, 5) is 8.20. The number of benzene rings is 1. The van der Waals surface area contributed by atoms with Gasteiger partial charge in [-0.25, -0.2) is 9.97 Å². The van der Waals surface area contributed by atoms with Crippen molar-refractivity contribution in [2.24, 2.45) is 5.73 Å². The van der Waals surface area contributed by atoms with Crippen LogP contribution in [0.4, 0.5) is 0 Å². The maximum absolute atomic E-state index is 5.68. The molecular weight excluding hydrogens is 214 g/mol. The van der Waals surface area contributed by atoms with Crippen molar-refractivity contribution in [1.82, 2.24) is 9.97 Å². The lowest BCUT2D eigenvalue weighted by Gasteiger charge is -2.10. The molecule has 0 radical (unpaired) electrons. The number of ether oxygens (including phenoxy) is 1.